The maximum absolute atomic E-state index is 11.9. The van der Waals surface area contributed by atoms with E-state index in [1.807, 2.05) is 13.0 Å². The van der Waals surface area contributed by atoms with Crippen molar-refractivity contribution < 1.29 is 9.59 Å². The van der Waals surface area contributed by atoms with Gasteiger partial charge in [0, 0.05) is 18.0 Å². The number of amides is 2. The van der Waals surface area contributed by atoms with Gasteiger partial charge >= 0.3 is 0 Å². The lowest BCUT2D eigenvalue weighted by Gasteiger charge is -2.31. The van der Waals surface area contributed by atoms with Crippen LogP contribution in [0.2, 0.25) is 0 Å². The van der Waals surface area contributed by atoms with E-state index in [0.717, 1.165) is 18.7 Å². The van der Waals surface area contributed by atoms with Crippen LogP contribution >= 0.6 is 0 Å². The number of hydrogen-bond acceptors (Lipinski definition) is 3. The Balaban J connectivity index is 1.89. The maximum Gasteiger partial charge on any atom is 0.248 e. The van der Waals surface area contributed by atoms with Crippen molar-refractivity contribution >= 4 is 11.8 Å². The molecule has 19 heavy (non-hydrogen) atoms. The standard InChI is InChI=1S/C14H19N3O2/c1-9(12-7-16-8-12)14(19)17-6-10-3-2-4-11(5-10)13(15)18/h2-5,9,12,16H,6-8H2,1H3,(H2,15,18)(H,17,19). The Kier molecular flexibility index (Phi) is 4.16. The van der Waals surface area contributed by atoms with Crippen molar-refractivity contribution in [2.24, 2.45) is 17.6 Å². The molecular formula is C14H19N3O2. The Labute approximate surface area is 112 Å². The van der Waals surface area contributed by atoms with E-state index in [1.54, 1.807) is 18.2 Å². The van der Waals surface area contributed by atoms with E-state index in [4.69, 9.17) is 5.73 Å². The summed E-state index contributed by atoms with van der Waals surface area (Å²) >= 11 is 0. The number of primary amides is 1. The first-order chi connectivity index (χ1) is 9.08. The molecule has 0 spiro atoms. The predicted octanol–water partition coefficient (Wildman–Crippen LogP) is 0.257. The number of benzene rings is 1. The second-order valence-electron chi connectivity index (χ2n) is 4.99. The number of hydrogen-bond donors (Lipinski definition) is 3. The van der Waals surface area contributed by atoms with Crippen molar-refractivity contribution in [3.63, 3.8) is 0 Å². The molecule has 5 heteroatoms. The average molecular weight is 261 g/mol. The molecule has 1 atom stereocenters. The molecule has 1 unspecified atom stereocenters. The van der Waals surface area contributed by atoms with Crippen molar-refractivity contribution in [1.29, 1.82) is 0 Å². The van der Waals surface area contributed by atoms with Gasteiger partial charge in [0.25, 0.3) is 0 Å². The summed E-state index contributed by atoms with van der Waals surface area (Å²) in [5.41, 5.74) is 6.56. The summed E-state index contributed by atoms with van der Waals surface area (Å²) in [6.45, 7) is 4.18. The molecule has 2 amide bonds. The van der Waals surface area contributed by atoms with Gasteiger partial charge in [0.05, 0.1) is 0 Å². The third kappa shape index (κ3) is 3.32. The highest BCUT2D eigenvalue weighted by Crippen LogP contribution is 2.16. The van der Waals surface area contributed by atoms with Crippen molar-refractivity contribution in [2.75, 3.05) is 13.1 Å². The van der Waals surface area contributed by atoms with Gasteiger partial charge in [0.2, 0.25) is 11.8 Å². The maximum atomic E-state index is 11.9. The smallest absolute Gasteiger partial charge is 0.248 e. The van der Waals surface area contributed by atoms with Gasteiger partial charge in [-0.1, -0.05) is 19.1 Å². The third-order valence-corrected chi connectivity index (χ3v) is 3.61. The first-order valence-corrected chi connectivity index (χ1v) is 6.45. The first kappa shape index (κ1) is 13.5. The van der Waals surface area contributed by atoms with Gasteiger partial charge < -0.3 is 16.4 Å². The van der Waals surface area contributed by atoms with Gasteiger partial charge in [-0.05, 0) is 36.7 Å². The minimum atomic E-state index is -0.456. The second-order valence-corrected chi connectivity index (χ2v) is 4.99. The molecule has 1 aliphatic rings. The minimum absolute atomic E-state index is 0.0144. The van der Waals surface area contributed by atoms with E-state index in [0.29, 0.717) is 18.0 Å². The largest absolute Gasteiger partial charge is 0.366 e. The first-order valence-electron chi connectivity index (χ1n) is 6.45. The summed E-state index contributed by atoms with van der Waals surface area (Å²) in [6, 6.07) is 7.00. The topological polar surface area (TPSA) is 84.2 Å². The van der Waals surface area contributed by atoms with E-state index >= 15 is 0 Å². The molecule has 0 bridgehead atoms. The Morgan fingerprint density at radius 2 is 2.21 bits per heavy atom. The molecule has 0 radical (unpaired) electrons. The summed E-state index contributed by atoms with van der Waals surface area (Å²) < 4.78 is 0. The summed E-state index contributed by atoms with van der Waals surface area (Å²) in [4.78, 5) is 23.0. The summed E-state index contributed by atoms with van der Waals surface area (Å²) in [5.74, 6) is 0.0376. The Bertz CT molecular complexity index is 483. The summed E-state index contributed by atoms with van der Waals surface area (Å²) in [7, 11) is 0. The van der Waals surface area contributed by atoms with Crippen molar-refractivity contribution in [1.82, 2.24) is 10.6 Å². The molecule has 1 aromatic carbocycles. The van der Waals surface area contributed by atoms with E-state index in [2.05, 4.69) is 10.6 Å². The molecule has 102 valence electrons. The van der Waals surface area contributed by atoms with Crippen molar-refractivity contribution in [3.05, 3.63) is 35.4 Å². The van der Waals surface area contributed by atoms with Gasteiger partial charge in [-0.3, -0.25) is 9.59 Å². The zero-order valence-electron chi connectivity index (χ0n) is 11.0. The molecule has 0 saturated carbocycles. The normalized spacial score (nSPS) is 16.5. The van der Waals surface area contributed by atoms with Crippen molar-refractivity contribution in [2.45, 2.75) is 13.5 Å². The average Bonchev–Trinajstić information content (AvgIpc) is 2.34. The lowest BCUT2D eigenvalue weighted by molar-refractivity contribution is -0.126. The van der Waals surface area contributed by atoms with Crippen LogP contribution < -0.4 is 16.4 Å². The van der Waals surface area contributed by atoms with Gasteiger partial charge in [0.15, 0.2) is 0 Å². The van der Waals surface area contributed by atoms with Crippen LogP contribution in [0.1, 0.15) is 22.8 Å². The number of nitrogens with one attached hydrogen (secondary N) is 2. The molecule has 1 aromatic rings. The third-order valence-electron chi connectivity index (χ3n) is 3.61. The minimum Gasteiger partial charge on any atom is -0.366 e. The fraction of sp³-hybridized carbons (Fsp3) is 0.429. The zero-order chi connectivity index (χ0) is 13.8. The Morgan fingerprint density at radius 3 is 2.79 bits per heavy atom. The van der Waals surface area contributed by atoms with Crippen LogP contribution in [-0.2, 0) is 11.3 Å². The van der Waals surface area contributed by atoms with E-state index in [-0.39, 0.29) is 11.8 Å². The molecule has 1 heterocycles. The predicted molar refractivity (Wildman–Crippen MR) is 72.3 cm³/mol. The summed E-state index contributed by atoms with van der Waals surface area (Å²) in [5, 5.41) is 6.05. The summed E-state index contributed by atoms with van der Waals surface area (Å²) in [6.07, 6.45) is 0. The fourth-order valence-electron chi connectivity index (χ4n) is 2.06. The highest BCUT2D eigenvalue weighted by atomic mass is 16.2. The molecule has 2 rings (SSSR count). The molecule has 1 aliphatic heterocycles. The van der Waals surface area contributed by atoms with Crippen LogP contribution in [0.4, 0.5) is 0 Å². The van der Waals surface area contributed by atoms with Crippen LogP contribution in [0.15, 0.2) is 24.3 Å². The van der Waals surface area contributed by atoms with Crippen LogP contribution in [0.5, 0.6) is 0 Å². The lowest BCUT2D eigenvalue weighted by Crippen LogP contribution is -2.49. The van der Waals surface area contributed by atoms with Gasteiger partial charge in [-0.25, -0.2) is 0 Å². The molecule has 0 aromatic heterocycles. The zero-order valence-corrected chi connectivity index (χ0v) is 11.0. The van der Waals surface area contributed by atoms with Gasteiger partial charge in [-0.15, -0.1) is 0 Å². The van der Waals surface area contributed by atoms with Gasteiger partial charge in [0.1, 0.15) is 0 Å². The molecule has 1 fully saturated rings. The van der Waals surface area contributed by atoms with Crippen molar-refractivity contribution in [3.8, 4) is 0 Å². The van der Waals surface area contributed by atoms with Crippen LogP contribution in [-0.4, -0.2) is 24.9 Å². The number of rotatable bonds is 5. The molecule has 0 aliphatic carbocycles. The van der Waals surface area contributed by atoms with Crippen LogP contribution in [0.3, 0.4) is 0 Å². The quantitative estimate of drug-likeness (QED) is 0.710. The van der Waals surface area contributed by atoms with E-state index in [9.17, 15) is 9.59 Å². The Morgan fingerprint density at radius 1 is 1.47 bits per heavy atom. The number of carbonyl (C=O) groups excluding carboxylic acids is 2. The second kappa shape index (κ2) is 5.84. The highest BCUT2D eigenvalue weighted by molar-refractivity contribution is 5.92. The highest BCUT2D eigenvalue weighted by Gasteiger charge is 2.28. The van der Waals surface area contributed by atoms with E-state index in [1.165, 1.54) is 0 Å². The fourth-order valence-corrected chi connectivity index (χ4v) is 2.06. The molecule has 1 saturated heterocycles. The monoisotopic (exact) mass is 261 g/mol. The molecule has 4 N–H and O–H groups in total. The van der Waals surface area contributed by atoms with Crippen LogP contribution in [0, 0.1) is 11.8 Å². The SMILES string of the molecule is CC(C(=O)NCc1cccc(C(N)=O)c1)C1CNC1. The molecular weight excluding hydrogens is 242 g/mol. The van der Waals surface area contributed by atoms with E-state index < -0.39 is 5.91 Å². The number of carbonyl (C=O) groups is 2. The lowest BCUT2D eigenvalue weighted by atomic mass is 9.88. The molecule has 5 nitrogen and oxygen atoms in total. The Hall–Kier alpha value is -1.88. The van der Waals surface area contributed by atoms with Crippen LogP contribution in [0.25, 0.3) is 0 Å². The number of nitrogens with two attached hydrogens (primary N) is 1. The van der Waals surface area contributed by atoms with Gasteiger partial charge in [-0.2, -0.15) is 0 Å².